The number of amides is 1. The van der Waals surface area contributed by atoms with Crippen LogP contribution in [0.25, 0.3) is 5.69 Å². The number of aromatic nitrogens is 2. The van der Waals surface area contributed by atoms with E-state index in [9.17, 15) is 4.79 Å². The van der Waals surface area contributed by atoms with Crippen LogP contribution in [0.4, 0.5) is 0 Å². The van der Waals surface area contributed by atoms with Gasteiger partial charge in [-0.05, 0) is 48.7 Å². The van der Waals surface area contributed by atoms with Crippen molar-refractivity contribution in [1.29, 1.82) is 0 Å². The first-order chi connectivity index (χ1) is 16.2. The summed E-state index contributed by atoms with van der Waals surface area (Å²) in [5.41, 5.74) is 3.63. The molecule has 7 heteroatoms. The van der Waals surface area contributed by atoms with Gasteiger partial charge < -0.3 is 14.8 Å². The lowest BCUT2D eigenvalue weighted by atomic mass is 10.0. The smallest absolute Gasteiger partial charge is 0.270 e. The first-order valence-corrected chi connectivity index (χ1v) is 11.6. The molecule has 1 amide bonds. The zero-order chi connectivity index (χ0) is 22.6. The fraction of sp³-hybridized carbons (Fsp3) is 0.385. The third-order valence-electron chi connectivity index (χ3n) is 6.40. The first-order valence-electron chi connectivity index (χ1n) is 11.6. The molecular weight excluding hydrogens is 416 g/mol. The van der Waals surface area contributed by atoms with Crippen LogP contribution in [0, 0.1) is 0 Å². The van der Waals surface area contributed by atoms with Gasteiger partial charge in [-0.3, -0.25) is 9.69 Å². The van der Waals surface area contributed by atoms with Gasteiger partial charge in [0.1, 0.15) is 11.4 Å². The van der Waals surface area contributed by atoms with Crippen molar-refractivity contribution < 1.29 is 14.3 Å². The van der Waals surface area contributed by atoms with E-state index in [2.05, 4.69) is 22.3 Å². The monoisotopic (exact) mass is 446 g/mol. The number of rotatable bonds is 8. The third kappa shape index (κ3) is 4.94. The Kier molecular flexibility index (Phi) is 6.41. The SMILES string of the molecule is COc1ccc([C@H](CNC(=O)c2cc(C3CC3)nn2-c2ccccc2)N2CCOCC2)cc1. The quantitative estimate of drug-likeness (QED) is 0.573. The molecule has 1 saturated carbocycles. The van der Waals surface area contributed by atoms with Crippen LogP contribution in [0.3, 0.4) is 0 Å². The largest absolute Gasteiger partial charge is 0.497 e. The zero-order valence-electron chi connectivity index (χ0n) is 18.9. The van der Waals surface area contributed by atoms with Crippen molar-refractivity contribution in [2.45, 2.75) is 24.8 Å². The van der Waals surface area contributed by atoms with Gasteiger partial charge in [0.25, 0.3) is 5.91 Å². The van der Waals surface area contributed by atoms with Crippen molar-refractivity contribution in [3.8, 4) is 11.4 Å². The molecule has 5 rings (SSSR count). The molecule has 1 saturated heterocycles. The Morgan fingerprint density at radius 2 is 1.85 bits per heavy atom. The van der Waals surface area contributed by atoms with Gasteiger partial charge in [0.15, 0.2) is 0 Å². The summed E-state index contributed by atoms with van der Waals surface area (Å²) < 4.78 is 12.6. The van der Waals surface area contributed by atoms with Crippen LogP contribution in [-0.2, 0) is 4.74 Å². The predicted octanol–water partition coefficient (Wildman–Crippen LogP) is 3.56. The van der Waals surface area contributed by atoms with E-state index in [0.717, 1.165) is 48.6 Å². The number of nitrogens with zero attached hydrogens (tertiary/aromatic N) is 3. The number of carbonyl (C=O) groups is 1. The Hall–Kier alpha value is -3.16. The van der Waals surface area contributed by atoms with Gasteiger partial charge in [-0.25, -0.2) is 4.68 Å². The Morgan fingerprint density at radius 1 is 1.12 bits per heavy atom. The lowest BCUT2D eigenvalue weighted by Crippen LogP contribution is -2.44. The molecule has 1 aromatic heterocycles. The Morgan fingerprint density at radius 3 is 2.52 bits per heavy atom. The predicted molar refractivity (Wildman–Crippen MR) is 126 cm³/mol. The number of morpholine rings is 1. The minimum atomic E-state index is -0.106. The second kappa shape index (κ2) is 9.77. The van der Waals surface area contributed by atoms with E-state index in [1.807, 2.05) is 48.5 Å². The van der Waals surface area contributed by atoms with Crippen molar-refractivity contribution in [1.82, 2.24) is 20.0 Å². The summed E-state index contributed by atoms with van der Waals surface area (Å²) in [7, 11) is 1.67. The number of benzene rings is 2. The van der Waals surface area contributed by atoms with Gasteiger partial charge in [0.2, 0.25) is 0 Å². The topological polar surface area (TPSA) is 68.6 Å². The summed E-state index contributed by atoms with van der Waals surface area (Å²) in [5.74, 6) is 1.19. The molecule has 1 aliphatic heterocycles. The lowest BCUT2D eigenvalue weighted by Gasteiger charge is -2.35. The zero-order valence-corrected chi connectivity index (χ0v) is 18.9. The molecule has 2 heterocycles. The van der Waals surface area contributed by atoms with Gasteiger partial charge in [0, 0.05) is 25.6 Å². The maximum Gasteiger partial charge on any atom is 0.270 e. The van der Waals surface area contributed by atoms with Gasteiger partial charge >= 0.3 is 0 Å². The average Bonchev–Trinajstić information content (AvgIpc) is 3.63. The third-order valence-corrected chi connectivity index (χ3v) is 6.40. The van der Waals surface area contributed by atoms with Crippen LogP contribution in [0.5, 0.6) is 5.75 Å². The summed E-state index contributed by atoms with van der Waals surface area (Å²) in [5, 5.41) is 7.97. The normalized spacial score (nSPS) is 17.5. The standard InChI is InChI=1S/C26H30N4O3/c1-32-22-11-9-20(10-12-22)25(29-13-15-33-16-14-29)18-27-26(31)24-17-23(19-7-8-19)28-30(24)21-5-3-2-4-6-21/h2-6,9-12,17,19,25H,7-8,13-16,18H2,1H3,(H,27,31)/t25-/m0/s1. The molecule has 7 nitrogen and oxygen atoms in total. The van der Waals surface area contributed by atoms with Crippen LogP contribution in [0.1, 0.15) is 46.5 Å². The van der Waals surface area contributed by atoms with Crippen LogP contribution < -0.4 is 10.1 Å². The van der Waals surface area contributed by atoms with Crippen molar-refractivity contribution in [3.63, 3.8) is 0 Å². The maximum atomic E-state index is 13.4. The maximum absolute atomic E-state index is 13.4. The molecule has 0 unspecified atom stereocenters. The average molecular weight is 447 g/mol. The second-order valence-corrected chi connectivity index (χ2v) is 8.62. The Bertz CT molecular complexity index is 1070. The minimum Gasteiger partial charge on any atom is -0.497 e. The molecular formula is C26H30N4O3. The second-order valence-electron chi connectivity index (χ2n) is 8.62. The summed E-state index contributed by atoms with van der Waals surface area (Å²) in [6.07, 6.45) is 2.28. The molecule has 1 N–H and O–H groups in total. The molecule has 2 aliphatic rings. The minimum absolute atomic E-state index is 0.0553. The number of hydrogen-bond acceptors (Lipinski definition) is 5. The highest BCUT2D eigenvalue weighted by Crippen LogP contribution is 2.39. The molecule has 3 aromatic rings. The van der Waals surface area contributed by atoms with E-state index < -0.39 is 0 Å². The van der Waals surface area contributed by atoms with Crippen molar-refractivity contribution >= 4 is 5.91 Å². The molecule has 172 valence electrons. The molecule has 0 spiro atoms. The van der Waals surface area contributed by atoms with Gasteiger partial charge in [-0.1, -0.05) is 30.3 Å². The van der Waals surface area contributed by atoms with E-state index in [4.69, 9.17) is 14.6 Å². The molecule has 1 aliphatic carbocycles. The molecule has 2 aromatic carbocycles. The highest BCUT2D eigenvalue weighted by molar-refractivity contribution is 5.93. The van der Waals surface area contributed by atoms with Crippen molar-refractivity contribution in [2.24, 2.45) is 0 Å². The van der Waals surface area contributed by atoms with Crippen LogP contribution in [0.15, 0.2) is 60.7 Å². The number of methoxy groups -OCH3 is 1. The fourth-order valence-electron chi connectivity index (χ4n) is 4.36. The van der Waals surface area contributed by atoms with E-state index in [0.29, 0.717) is 31.4 Å². The fourth-order valence-corrected chi connectivity index (χ4v) is 4.36. The highest BCUT2D eigenvalue weighted by Gasteiger charge is 2.30. The first kappa shape index (κ1) is 21.7. The van der Waals surface area contributed by atoms with E-state index in [1.54, 1.807) is 11.8 Å². The number of para-hydroxylation sites is 1. The van der Waals surface area contributed by atoms with Gasteiger partial charge in [0.05, 0.1) is 37.7 Å². The Balaban J connectivity index is 1.37. The molecule has 1 atom stereocenters. The summed E-state index contributed by atoms with van der Waals surface area (Å²) in [4.78, 5) is 15.7. The summed E-state index contributed by atoms with van der Waals surface area (Å²) >= 11 is 0. The number of carbonyl (C=O) groups excluding carboxylic acids is 1. The summed E-state index contributed by atoms with van der Waals surface area (Å²) in [6, 6.07) is 20.0. The van der Waals surface area contributed by atoms with Crippen molar-refractivity contribution in [2.75, 3.05) is 40.0 Å². The number of nitrogens with one attached hydrogen (secondary N) is 1. The van der Waals surface area contributed by atoms with Crippen LogP contribution in [-0.4, -0.2) is 60.5 Å². The van der Waals surface area contributed by atoms with E-state index in [-0.39, 0.29) is 11.9 Å². The van der Waals surface area contributed by atoms with E-state index in [1.165, 1.54) is 0 Å². The number of hydrogen-bond donors (Lipinski definition) is 1. The van der Waals surface area contributed by atoms with Crippen molar-refractivity contribution in [3.05, 3.63) is 77.6 Å². The summed E-state index contributed by atoms with van der Waals surface area (Å²) in [6.45, 7) is 3.57. The molecule has 2 fully saturated rings. The van der Waals surface area contributed by atoms with E-state index >= 15 is 0 Å². The highest BCUT2D eigenvalue weighted by atomic mass is 16.5. The molecule has 0 radical (unpaired) electrons. The number of ether oxygens (including phenoxy) is 2. The molecule has 33 heavy (non-hydrogen) atoms. The van der Waals surface area contributed by atoms with Gasteiger partial charge in [-0.15, -0.1) is 0 Å². The van der Waals surface area contributed by atoms with Crippen LogP contribution in [0.2, 0.25) is 0 Å². The lowest BCUT2D eigenvalue weighted by molar-refractivity contribution is 0.0162. The van der Waals surface area contributed by atoms with Gasteiger partial charge in [-0.2, -0.15) is 5.10 Å². The van der Waals surface area contributed by atoms with Crippen LogP contribution >= 0.6 is 0 Å². The Labute approximate surface area is 194 Å². The molecule has 0 bridgehead atoms.